The van der Waals surface area contributed by atoms with E-state index in [1.807, 2.05) is 0 Å². The molecule has 0 heterocycles. The van der Waals surface area contributed by atoms with Crippen molar-refractivity contribution in [2.45, 2.75) is 18.1 Å². The number of anilines is 1. The number of rotatable bonds is 10. The predicted octanol–water partition coefficient (Wildman–Crippen LogP) is 3.80. The minimum absolute atomic E-state index is 0.0250. The summed E-state index contributed by atoms with van der Waals surface area (Å²) in [7, 11) is 0.217. The Hall–Kier alpha value is -3.32. The van der Waals surface area contributed by atoms with Crippen molar-refractivity contribution < 1.29 is 45.0 Å². The topological polar surface area (TPSA) is 94.2 Å². The zero-order chi connectivity index (χ0) is 24.8. The van der Waals surface area contributed by atoms with Crippen molar-refractivity contribution in [2.75, 3.05) is 26.5 Å². The maximum atomic E-state index is 12.7. The molecule has 0 aliphatic rings. The third kappa shape index (κ3) is 7.08. The lowest BCUT2D eigenvalue weighted by molar-refractivity contribution is -0.111. The van der Waals surface area contributed by atoms with Crippen molar-refractivity contribution in [2.24, 2.45) is 0 Å². The van der Waals surface area contributed by atoms with Gasteiger partial charge in [0.15, 0.2) is 0 Å². The minimum Gasteiger partial charge on any atom is -0.495 e. The summed E-state index contributed by atoms with van der Waals surface area (Å²) in [5, 5.41) is 2.43. The molecule has 0 aliphatic heterocycles. The fourth-order valence-corrected chi connectivity index (χ4v) is 3.45. The van der Waals surface area contributed by atoms with Crippen LogP contribution >= 0.6 is 0 Å². The zero-order valence-electron chi connectivity index (χ0n) is 17.6. The Morgan fingerprint density at radius 1 is 1.00 bits per heavy atom. The number of amides is 1. The highest BCUT2D eigenvalue weighted by molar-refractivity contribution is 7.89. The summed E-state index contributed by atoms with van der Waals surface area (Å²) in [6.45, 7) is -6.42. The molecule has 13 heteroatoms. The molecule has 0 fully saturated rings. The highest BCUT2D eigenvalue weighted by Gasteiger charge is 2.20. The fourth-order valence-electron chi connectivity index (χ4n) is 2.52. The summed E-state index contributed by atoms with van der Waals surface area (Å²) in [6, 6.07) is 6.91. The molecular weight excluding hydrogens is 472 g/mol. The van der Waals surface area contributed by atoms with Crippen molar-refractivity contribution in [3.8, 4) is 17.2 Å². The molecule has 2 aromatic rings. The van der Waals surface area contributed by atoms with Crippen LogP contribution in [-0.2, 0) is 14.8 Å². The van der Waals surface area contributed by atoms with Gasteiger partial charge >= 0.3 is 13.2 Å². The largest absolute Gasteiger partial charge is 0.495 e. The molecule has 2 aromatic carbocycles. The molecule has 0 saturated heterocycles. The third-order valence-corrected chi connectivity index (χ3v) is 5.86. The van der Waals surface area contributed by atoms with Crippen LogP contribution in [0.4, 0.5) is 23.2 Å². The first-order valence-electron chi connectivity index (χ1n) is 9.07. The number of nitrogens with zero attached hydrogens (tertiary/aromatic N) is 1. The molecule has 1 N–H and O–H groups in total. The van der Waals surface area contributed by atoms with Crippen molar-refractivity contribution in [1.29, 1.82) is 0 Å². The van der Waals surface area contributed by atoms with E-state index in [1.165, 1.54) is 39.4 Å². The third-order valence-electron chi connectivity index (χ3n) is 4.05. The molecular formula is C20H20F4N2O6S. The average Bonchev–Trinajstić information content (AvgIpc) is 2.72. The fraction of sp³-hybridized carbons (Fsp3) is 0.250. The Kier molecular flexibility index (Phi) is 8.65. The first-order valence-corrected chi connectivity index (χ1v) is 10.5. The second-order valence-electron chi connectivity index (χ2n) is 6.43. The Labute approximate surface area is 187 Å². The predicted molar refractivity (Wildman–Crippen MR) is 111 cm³/mol. The van der Waals surface area contributed by atoms with E-state index in [0.717, 1.165) is 34.7 Å². The highest BCUT2D eigenvalue weighted by Crippen LogP contribution is 2.30. The van der Waals surface area contributed by atoms with E-state index in [2.05, 4.69) is 14.8 Å². The molecule has 0 unspecified atom stereocenters. The van der Waals surface area contributed by atoms with Gasteiger partial charge in [0.05, 0.1) is 17.7 Å². The smallest absolute Gasteiger partial charge is 0.387 e. The van der Waals surface area contributed by atoms with Crippen molar-refractivity contribution in [3.63, 3.8) is 0 Å². The van der Waals surface area contributed by atoms with Crippen molar-refractivity contribution >= 4 is 27.7 Å². The number of hydrogen-bond donors (Lipinski definition) is 1. The van der Waals surface area contributed by atoms with Crippen LogP contribution in [0, 0.1) is 0 Å². The van der Waals surface area contributed by atoms with E-state index in [9.17, 15) is 30.8 Å². The van der Waals surface area contributed by atoms with Crippen LogP contribution in [0.5, 0.6) is 17.2 Å². The quantitative estimate of drug-likeness (QED) is 0.401. The van der Waals surface area contributed by atoms with E-state index in [4.69, 9.17) is 4.74 Å². The normalized spacial score (nSPS) is 11.9. The van der Waals surface area contributed by atoms with Gasteiger partial charge in [-0.05, 0) is 36.4 Å². The van der Waals surface area contributed by atoms with Crippen LogP contribution in [0.3, 0.4) is 0 Å². The molecule has 0 aliphatic carbocycles. The van der Waals surface area contributed by atoms with Crippen LogP contribution in [0.15, 0.2) is 47.4 Å². The Morgan fingerprint density at radius 3 is 2.24 bits per heavy atom. The minimum atomic E-state index is -3.79. The van der Waals surface area contributed by atoms with Crippen LogP contribution in [0.2, 0.25) is 0 Å². The summed E-state index contributed by atoms with van der Waals surface area (Å²) in [4.78, 5) is 12.3. The molecule has 0 bridgehead atoms. The summed E-state index contributed by atoms with van der Waals surface area (Å²) in [6.07, 6.45) is 2.06. The summed E-state index contributed by atoms with van der Waals surface area (Å²) < 4.78 is 89.3. The van der Waals surface area contributed by atoms with Crippen LogP contribution in [-0.4, -0.2) is 53.1 Å². The van der Waals surface area contributed by atoms with Gasteiger partial charge in [0.1, 0.15) is 17.2 Å². The molecule has 0 saturated carbocycles. The number of carbonyl (C=O) groups excluding carboxylic acids is 1. The maximum Gasteiger partial charge on any atom is 0.387 e. The van der Waals surface area contributed by atoms with Crippen LogP contribution in [0.25, 0.3) is 6.08 Å². The number of hydrogen-bond acceptors (Lipinski definition) is 6. The van der Waals surface area contributed by atoms with Crippen LogP contribution < -0.4 is 19.5 Å². The number of nitrogens with one attached hydrogen (secondary N) is 1. The molecule has 0 radical (unpaired) electrons. The van der Waals surface area contributed by atoms with Crippen molar-refractivity contribution in [1.82, 2.24) is 4.31 Å². The lowest BCUT2D eigenvalue weighted by atomic mass is 10.1. The number of benzene rings is 2. The monoisotopic (exact) mass is 492 g/mol. The van der Waals surface area contributed by atoms with Gasteiger partial charge in [0.2, 0.25) is 15.9 Å². The Bertz CT molecular complexity index is 1120. The molecule has 0 atom stereocenters. The first kappa shape index (κ1) is 25.9. The number of ether oxygens (including phenoxy) is 3. The molecule has 0 spiro atoms. The first-order chi connectivity index (χ1) is 15.4. The lowest BCUT2D eigenvalue weighted by Crippen LogP contribution is -2.22. The molecule has 1 amide bonds. The Morgan fingerprint density at radius 2 is 1.67 bits per heavy atom. The lowest BCUT2D eigenvalue weighted by Gasteiger charge is -2.14. The van der Waals surface area contributed by atoms with Crippen LogP contribution in [0.1, 0.15) is 5.56 Å². The summed E-state index contributed by atoms with van der Waals surface area (Å²) in [5.41, 5.74) is 0.0165. The number of methoxy groups -OCH3 is 1. The summed E-state index contributed by atoms with van der Waals surface area (Å²) >= 11 is 0. The van der Waals surface area contributed by atoms with Gasteiger partial charge in [0.25, 0.3) is 0 Å². The van der Waals surface area contributed by atoms with Gasteiger partial charge in [-0.2, -0.15) is 17.6 Å². The number of alkyl halides is 4. The van der Waals surface area contributed by atoms with E-state index in [-0.39, 0.29) is 21.9 Å². The maximum absolute atomic E-state index is 12.7. The molecule has 180 valence electrons. The average molecular weight is 492 g/mol. The van der Waals surface area contributed by atoms with Gasteiger partial charge < -0.3 is 19.5 Å². The second kappa shape index (κ2) is 11.0. The molecule has 8 nitrogen and oxygen atoms in total. The van der Waals surface area contributed by atoms with Gasteiger partial charge in [-0.15, -0.1) is 0 Å². The van der Waals surface area contributed by atoms with E-state index in [0.29, 0.717) is 0 Å². The Balaban J connectivity index is 2.29. The SMILES string of the molecule is COc1ccc(S(=O)(=O)N(C)C)cc1NC(=O)/C=C/c1ccc(OC(F)F)cc1OC(F)F. The number of sulfonamides is 1. The summed E-state index contributed by atoms with van der Waals surface area (Å²) in [5.74, 6) is -1.50. The van der Waals surface area contributed by atoms with Crippen molar-refractivity contribution in [3.05, 3.63) is 48.0 Å². The van der Waals surface area contributed by atoms with Gasteiger partial charge in [0, 0.05) is 31.8 Å². The molecule has 2 rings (SSSR count). The standard InChI is InChI=1S/C20H20F4N2O6S/c1-26(2)33(28,29)14-7-8-16(30-3)15(11-14)25-18(27)9-5-12-4-6-13(31-19(21)22)10-17(12)32-20(23)24/h4-11,19-20H,1-3H3,(H,25,27)/b9-5+. The second-order valence-corrected chi connectivity index (χ2v) is 8.58. The number of halogens is 4. The van der Waals surface area contributed by atoms with E-state index < -0.39 is 40.7 Å². The van der Waals surface area contributed by atoms with Gasteiger partial charge in [-0.1, -0.05) is 0 Å². The van der Waals surface area contributed by atoms with E-state index >= 15 is 0 Å². The molecule has 0 aromatic heterocycles. The van der Waals surface area contributed by atoms with Gasteiger partial charge in [-0.25, -0.2) is 12.7 Å². The number of carbonyl (C=O) groups is 1. The van der Waals surface area contributed by atoms with E-state index in [1.54, 1.807) is 0 Å². The zero-order valence-corrected chi connectivity index (χ0v) is 18.4. The highest BCUT2D eigenvalue weighted by atomic mass is 32.2. The molecule has 33 heavy (non-hydrogen) atoms. The van der Waals surface area contributed by atoms with Gasteiger partial charge in [-0.3, -0.25) is 4.79 Å².